The molecule has 0 spiro atoms. The lowest BCUT2D eigenvalue weighted by atomic mass is 10.0. The summed E-state index contributed by atoms with van der Waals surface area (Å²) >= 11 is 6.17. The van der Waals surface area contributed by atoms with Gasteiger partial charge in [0.25, 0.3) is 5.91 Å². The third kappa shape index (κ3) is 3.85. The fourth-order valence-electron chi connectivity index (χ4n) is 4.03. The Hall–Kier alpha value is -2.53. The van der Waals surface area contributed by atoms with Gasteiger partial charge in [-0.25, -0.2) is 0 Å². The summed E-state index contributed by atoms with van der Waals surface area (Å²) in [6.07, 6.45) is 5.90. The van der Waals surface area contributed by atoms with Crippen LogP contribution < -0.4 is 15.5 Å². The van der Waals surface area contributed by atoms with Crippen LogP contribution in [-0.2, 0) is 11.2 Å². The fourth-order valence-corrected chi connectivity index (χ4v) is 4.20. The van der Waals surface area contributed by atoms with Crippen LogP contribution in [-0.4, -0.2) is 24.9 Å². The van der Waals surface area contributed by atoms with E-state index in [1.807, 2.05) is 24.3 Å². The molecule has 2 N–H and O–H groups in total. The molecule has 0 aromatic heterocycles. The number of carbonyl (C=O) groups is 2. The van der Waals surface area contributed by atoms with E-state index in [0.717, 1.165) is 36.2 Å². The first-order valence-corrected chi connectivity index (χ1v) is 10.2. The minimum absolute atomic E-state index is 0.0942. The van der Waals surface area contributed by atoms with Gasteiger partial charge in [0.05, 0.1) is 5.56 Å². The Bertz CT molecular complexity index is 922. The maximum absolute atomic E-state index is 13.0. The largest absolute Gasteiger partial charge is 0.382 e. The Morgan fingerprint density at radius 3 is 2.68 bits per heavy atom. The van der Waals surface area contributed by atoms with Gasteiger partial charge in [-0.3, -0.25) is 9.59 Å². The van der Waals surface area contributed by atoms with E-state index < -0.39 is 0 Å². The molecule has 0 saturated heterocycles. The summed E-state index contributed by atoms with van der Waals surface area (Å²) < 4.78 is 0. The van der Waals surface area contributed by atoms with Crippen LogP contribution >= 0.6 is 11.6 Å². The number of amides is 2. The Kier molecular flexibility index (Phi) is 5.27. The van der Waals surface area contributed by atoms with Gasteiger partial charge in [-0.05, 0) is 55.2 Å². The van der Waals surface area contributed by atoms with E-state index in [4.69, 9.17) is 11.6 Å². The number of rotatable bonds is 4. The SMILES string of the molecule is CN1C(=O)CCc2ccc(NC(=O)c3ccc(Cl)cc3NC3CCCC3)cc21. The molecule has 1 aliphatic carbocycles. The second-order valence-electron chi connectivity index (χ2n) is 7.57. The third-order valence-corrected chi connectivity index (χ3v) is 5.86. The van der Waals surface area contributed by atoms with Crippen LogP contribution in [0, 0.1) is 0 Å². The smallest absolute Gasteiger partial charge is 0.257 e. The minimum atomic E-state index is -0.193. The number of hydrogen-bond acceptors (Lipinski definition) is 3. The molecule has 1 saturated carbocycles. The van der Waals surface area contributed by atoms with Crippen LogP contribution in [0.4, 0.5) is 17.1 Å². The van der Waals surface area contributed by atoms with Crippen LogP contribution in [0.2, 0.25) is 5.02 Å². The number of nitrogens with one attached hydrogen (secondary N) is 2. The third-order valence-electron chi connectivity index (χ3n) is 5.63. The second-order valence-corrected chi connectivity index (χ2v) is 8.00. The number of benzene rings is 2. The first-order valence-electron chi connectivity index (χ1n) is 9.78. The summed E-state index contributed by atoms with van der Waals surface area (Å²) in [5.41, 5.74) is 3.98. The van der Waals surface area contributed by atoms with Crippen molar-refractivity contribution in [3.63, 3.8) is 0 Å². The highest BCUT2D eigenvalue weighted by atomic mass is 35.5. The normalized spacial score (nSPS) is 16.8. The van der Waals surface area contributed by atoms with Gasteiger partial charge in [0.1, 0.15) is 0 Å². The molecule has 0 radical (unpaired) electrons. The molecule has 1 aliphatic heterocycles. The fraction of sp³-hybridized carbons (Fsp3) is 0.364. The quantitative estimate of drug-likeness (QED) is 0.774. The molecule has 28 heavy (non-hydrogen) atoms. The van der Waals surface area contributed by atoms with Crippen molar-refractivity contribution < 1.29 is 9.59 Å². The molecule has 0 bridgehead atoms. The molecule has 2 amide bonds. The molecule has 6 heteroatoms. The zero-order valence-electron chi connectivity index (χ0n) is 15.9. The molecule has 0 unspecified atom stereocenters. The summed E-state index contributed by atoms with van der Waals surface area (Å²) in [5, 5.41) is 7.05. The van der Waals surface area contributed by atoms with Gasteiger partial charge >= 0.3 is 0 Å². The summed E-state index contributed by atoms with van der Waals surface area (Å²) in [6, 6.07) is 11.4. The van der Waals surface area contributed by atoms with E-state index >= 15 is 0 Å². The van der Waals surface area contributed by atoms with Crippen molar-refractivity contribution in [2.45, 2.75) is 44.6 Å². The molecule has 1 heterocycles. The lowest BCUT2D eigenvalue weighted by molar-refractivity contribution is -0.118. The van der Waals surface area contributed by atoms with Crippen molar-refractivity contribution in [1.82, 2.24) is 0 Å². The van der Waals surface area contributed by atoms with E-state index in [9.17, 15) is 9.59 Å². The molecular formula is C22H24ClN3O2. The van der Waals surface area contributed by atoms with Gasteiger partial charge in [-0.15, -0.1) is 0 Å². The van der Waals surface area contributed by atoms with Gasteiger partial charge in [0.15, 0.2) is 0 Å². The minimum Gasteiger partial charge on any atom is -0.382 e. The maximum atomic E-state index is 13.0. The van der Waals surface area contributed by atoms with Gasteiger partial charge in [0, 0.05) is 41.6 Å². The number of aryl methyl sites for hydroxylation is 1. The van der Waals surface area contributed by atoms with E-state index in [1.54, 1.807) is 24.1 Å². The number of nitrogens with zero attached hydrogens (tertiary/aromatic N) is 1. The average Bonchev–Trinajstić information content (AvgIpc) is 3.18. The zero-order chi connectivity index (χ0) is 19.7. The first-order chi connectivity index (χ1) is 13.5. The molecule has 2 aliphatic rings. The number of carbonyl (C=O) groups excluding carboxylic acids is 2. The Labute approximate surface area is 170 Å². The van der Waals surface area contributed by atoms with E-state index in [-0.39, 0.29) is 11.8 Å². The van der Waals surface area contributed by atoms with E-state index in [1.165, 1.54) is 12.8 Å². The first kappa shape index (κ1) is 18.8. The number of hydrogen-bond donors (Lipinski definition) is 2. The Morgan fingerprint density at radius 2 is 1.89 bits per heavy atom. The van der Waals surface area contributed by atoms with Crippen molar-refractivity contribution in [3.05, 3.63) is 52.5 Å². The second kappa shape index (κ2) is 7.84. The van der Waals surface area contributed by atoms with Crippen LogP contribution in [0.3, 0.4) is 0 Å². The van der Waals surface area contributed by atoms with E-state index in [0.29, 0.717) is 28.7 Å². The highest BCUT2D eigenvalue weighted by Gasteiger charge is 2.22. The van der Waals surface area contributed by atoms with Crippen LogP contribution in [0.25, 0.3) is 0 Å². The monoisotopic (exact) mass is 397 g/mol. The van der Waals surface area contributed by atoms with Gasteiger partial charge < -0.3 is 15.5 Å². The molecule has 5 nitrogen and oxygen atoms in total. The predicted molar refractivity (Wildman–Crippen MR) is 113 cm³/mol. The maximum Gasteiger partial charge on any atom is 0.257 e. The van der Waals surface area contributed by atoms with Gasteiger partial charge in [0.2, 0.25) is 5.91 Å². The van der Waals surface area contributed by atoms with Crippen molar-refractivity contribution in [2.75, 3.05) is 22.6 Å². The van der Waals surface area contributed by atoms with Crippen molar-refractivity contribution in [2.24, 2.45) is 0 Å². The highest BCUT2D eigenvalue weighted by molar-refractivity contribution is 6.31. The lowest BCUT2D eigenvalue weighted by Crippen LogP contribution is -2.31. The summed E-state index contributed by atoms with van der Waals surface area (Å²) in [4.78, 5) is 26.6. The number of fused-ring (bicyclic) bond motifs is 1. The summed E-state index contributed by atoms with van der Waals surface area (Å²) in [6.45, 7) is 0. The van der Waals surface area contributed by atoms with Crippen LogP contribution in [0.15, 0.2) is 36.4 Å². The van der Waals surface area contributed by atoms with Gasteiger partial charge in [-0.1, -0.05) is 30.5 Å². The predicted octanol–water partition coefficient (Wildman–Crippen LogP) is 4.86. The number of halogens is 1. The molecule has 1 fully saturated rings. The topological polar surface area (TPSA) is 61.4 Å². The molecule has 2 aromatic carbocycles. The average molecular weight is 398 g/mol. The molecular weight excluding hydrogens is 374 g/mol. The lowest BCUT2D eigenvalue weighted by Gasteiger charge is -2.26. The molecule has 2 aromatic rings. The summed E-state index contributed by atoms with van der Waals surface area (Å²) in [5.74, 6) is -0.0985. The number of anilines is 3. The highest BCUT2D eigenvalue weighted by Crippen LogP contribution is 2.31. The Balaban J connectivity index is 1.56. The van der Waals surface area contributed by atoms with Crippen LogP contribution in [0.1, 0.15) is 48.0 Å². The van der Waals surface area contributed by atoms with E-state index in [2.05, 4.69) is 10.6 Å². The zero-order valence-corrected chi connectivity index (χ0v) is 16.7. The van der Waals surface area contributed by atoms with Gasteiger partial charge in [-0.2, -0.15) is 0 Å². The summed E-state index contributed by atoms with van der Waals surface area (Å²) in [7, 11) is 1.77. The van der Waals surface area contributed by atoms with Crippen molar-refractivity contribution in [3.8, 4) is 0 Å². The Morgan fingerprint density at radius 1 is 1.11 bits per heavy atom. The van der Waals surface area contributed by atoms with Crippen LogP contribution in [0.5, 0.6) is 0 Å². The van der Waals surface area contributed by atoms with Crippen molar-refractivity contribution >= 4 is 40.5 Å². The molecule has 146 valence electrons. The molecule has 0 atom stereocenters. The van der Waals surface area contributed by atoms with Crippen molar-refractivity contribution in [1.29, 1.82) is 0 Å². The standard InChI is InChI=1S/C22H24ClN3O2/c1-26-20-13-17(9-6-14(20)7-11-21(26)27)25-22(28)18-10-8-15(23)12-19(18)24-16-4-2-3-5-16/h6,8-10,12-13,16,24H,2-5,7,11H2,1H3,(H,25,28). The molecule has 4 rings (SSSR count).